The second kappa shape index (κ2) is 5.09. The highest BCUT2D eigenvalue weighted by molar-refractivity contribution is 5.78. The van der Waals surface area contributed by atoms with E-state index in [0.717, 1.165) is 31.5 Å². The van der Waals surface area contributed by atoms with Crippen LogP contribution in [0.1, 0.15) is 32.3 Å². The first-order valence-electron chi connectivity index (χ1n) is 6.48. The van der Waals surface area contributed by atoms with Crippen molar-refractivity contribution in [3.05, 3.63) is 35.6 Å². The van der Waals surface area contributed by atoms with E-state index in [-0.39, 0.29) is 11.7 Å². The van der Waals surface area contributed by atoms with Crippen molar-refractivity contribution in [1.29, 1.82) is 0 Å². The van der Waals surface area contributed by atoms with E-state index in [1.807, 2.05) is 4.90 Å². The maximum atomic E-state index is 12.8. The third-order valence-corrected chi connectivity index (χ3v) is 3.74. The largest absolute Gasteiger partial charge is 0.342 e. The molecule has 2 rings (SSSR count). The molecule has 3 heteroatoms. The van der Waals surface area contributed by atoms with Gasteiger partial charge in [0.15, 0.2) is 0 Å². The molecule has 0 unspecified atom stereocenters. The Morgan fingerprint density at radius 2 is 1.78 bits per heavy atom. The van der Waals surface area contributed by atoms with Crippen LogP contribution in [0.2, 0.25) is 0 Å². The first kappa shape index (κ1) is 13.1. The van der Waals surface area contributed by atoms with Gasteiger partial charge in [0.2, 0.25) is 5.91 Å². The Balaban J connectivity index is 1.91. The molecule has 1 heterocycles. The Morgan fingerprint density at radius 1 is 1.22 bits per heavy atom. The van der Waals surface area contributed by atoms with E-state index in [1.54, 1.807) is 12.1 Å². The van der Waals surface area contributed by atoms with Crippen LogP contribution in [-0.4, -0.2) is 23.9 Å². The summed E-state index contributed by atoms with van der Waals surface area (Å²) in [5.74, 6) is -0.108. The summed E-state index contributed by atoms with van der Waals surface area (Å²) in [6, 6.07) is 6.17. The Hall–Kier alpha value is -1.38. The topological polar surface area (TPSA) is 20.3 Å². The van der Waals surface area contributed by atoms with Crippen molar-refractivity contribution in [2.24, 2.45) is 5.41 Å². The van der Waals surface area contributed by atoms with Gasteiger partial charge in [0, 0.05) is 13.1 Å². The highest BCUT2D eigenvalue weighted by Gasteiger charge is 2.27. The molecule has 1 aromatic rings. The van der Waals surface area contributed by atoms with Crippen LogP contribution in [-0.2, 0) is 11.2 Å². The Bertz CT molecular complexity index is 415. The first-order chi connectivity index (χ1) is 8.46. The van der Waals surface area contributed by atoms with Gasteiger partial charge in [0.1, 0.15) is 5.82 Å². The van der Waals surface area contributed by atoms with E-state index in [1.165, 1.54) is 12.1 Å². The van der Waals surface area contributed by atoms with E-state index < -0.39 is 0 Å². The van der Waals surface area contributed by atoms with Crippen LogP contribution < -0.4 is 0 Å². The number of halogens is 1. The van der Waals surface area contributed by atoms with E-state index in [0.29, 0.717) is 11.8 Å². The van der Waals surface area contributed by atoms with Crippen LogP contribution in [0.25, 0.3) is 0 Å². The number of benzene rings is 1. The number of hydrogen-bond acceptors (Lipinski definition) is 1. The molecule has 0 radical (unpaired) electrons. The number of carbonyl (C=O) groups excluding carboxylic acids is 1. The second-order valence-electron chi connectivity index (χ2n) is 5.85. The lowest BCUT2D eigenvalue weighted by Crippen LogP contribution is -2.41. The highest BCUT2D eigenvalue weighted by atomic mass is 19.1. The van der Waals surface area contributed by atoms with Crippen LogP contribution in [0, 0.1) is 11.2 Å². The van der Waals surface area contributed by atoms with Gasteiger partial charge in [-0.3, -0.25) is 4.79 Å². The quantitative estimate of drug-likeness (QED) is 0.789. The molecule has 0 spiro atoms. The summed E-state index contributed by atoms with van der Waals surface area (Å²) < 4.78 is 12.8. The van der Waals surface area contributed by atoms with Crippen molar-refractivity contribution in [3.63, 3.8) is 0 Å². The minimum atomic E-state index is -0.258. The fourth-order valence-corrected chi connectivity index (χ4v) is 2.25. The summed E-state index contributed by atoms with van der Waals surface area (Å²) in [4.78, 5) is 14.0. The maximum absolute atomic E-state index is 12.8. The second-order valence-corrected chi connectivity index (χ2v) is 5.85. The van der Waals surface area contributed by atoms with Crippen molar-refractivity contribution < 1.29 is 9.18 Å². The summed E-state index contributed by atoms with van der Waals surface area (Å²) >= 11 is 0. The molecular formula is C15H20FNO. The number of rotatable bonds is 2. The summed E-state index contributed by atoms with van der Waals surface area (Å²) in [5, 5.41) is 0. The number of piperidine rings is 1. The van der Waals surface area contributed by atoms with Gasteiger partial charge in [-0.2, -0.15) is 0 Å². The molecule has 0 aromatic heterocycles. The highest BCUT2D eigenvalue weighted by Crippen LogP contribution is 2.29. The molecule has 0 atom stereocenters. The zero-order valence-electron chi connectivity index (χ0n) is 11.1. The zero-order valence-corrected chi connectivity index (χ0v) is 11.1. The molecular weight excluding hydrogens is 229 g/mol. The number of carbonyl (C=O) groups is 1. The average molecular weight is 249 g/mol. The van der Waals surface area contributed by atoms with Crippen LogP contribution in [0.15, 0.2) is 24.3 Å². The van der Waals surface area contributed by atoms with Crippen molar-refractivity contribution in [2.45, 2.75) is 33.1 Å². The predicted molar refractivity (Wildman–Crippen MR) is 69.7 cm³/mol. The summed E-state index contributed by atoms with van der Waals surface area (Å²) in [7, 11) is 0. The Morgan fingerprint density at radius 3 is 2.33 bits per heavy atom. The molecule has 1 fully saturated rings. The number of nitrogens with zero attached hydrogens (tertiary/aromatic N) is 1. The average Bonchev–Trinajstić information content (AvgIpc) is 2.32. The van der Waals surface area contributed by atoms with Crippen LogP contribution in [0.3, 0.4) is 0 Å². The Kier molecular flexibility index (Phi) is 3.69. The molecule has 2 nitrogen and oxygen atoms in total. The van der Waals surface area contributed by atoms with E-state index >= 15 is 0 Å². The number of likely N-dealkylation sites (tertiary alicyclic amines) is 1. The van der Waals surface area contributed by atoms with Gasteiger partial charge in [0.05, 0.1) is 6.42 Å². The minimum Gasteiger partial charge on any atom is -0.342 e. The Labute approximate surface area is 108 Å². The smallest absolute Gasteiger partial charge is 0.226 e. The lowest BCUT2D eigenvalue weighted by molar-refractivity contribution is -0.132. The van der Waals surface area contributed by atoms with Gasteiger partial charge in [-0.25, -0.2) is 4.39 Å². The fourth-order valence-electron chi connectivity index (χ4n) is 2.25. The summed E-state index contributed by atoms with van der Waals surface area (Å²) in [6.07, 6.45) is 2.49. The lowest BCUT2D eigenvalue weighted by atomic mass is 9.82. The summed E-state index contributed by atoms with van der Waals surface area (Å²) in [5.41, 5.74) is 1.23. The van der Waals surface area contributed by atoms with Gasteiger partial charge in [-0.15, -0.1) is 0 Å². The molecule has 1 saturated heterocycles. The number of hydrogen-bond donors (Lipinski definition) is 0. The minimum absolute atomic E-state index is 0.150. The van der Waals surface area contributed by atoms with Crippen molar-refractivity contribution in [3.8, 4) is 0 Å². The van der Waals surface area contributed by atoms with Gasteiger partial charge in [-0.1, -0.05) is 26.0 Å². The fraction of sp³-hybridized carbons (Fsp3) is 0.533. The third kappa shape index (κ3) is 3.31. The normalized spacial score (nSPS) is 18.7. The van der Waals surface area contributed by atoms with Crippen LogP contribution in [0.5, 0.6) is 0 Å². The van der Waals surface area contributed by atoms with E-state index in [2.05, 4.69) is 13.8 Å². The molecule has 1 aliphatic heterocycles. The number of amides is 1. The van der Waals surface area contributed by atoms with Gasteiger partial charge >= 0.3 is 0 Å². The van der Waals surface area contributed by atoms with Crippen molar-refractivity contribution in [2.75, 3.05) is 13.1 Å². The molecule has 1 aromatic carbocycles. The SMILES string of the molecule is CC1(C)CCN(C(=O)Cc2ccc(F)cc2)CC1. The molecule has 1 aliphatic rings. The van der Waals surface area contributed by atoms with E-state index in [4.69, 9.17) is 0 Å². The first-order valence-corrected chi connectivity index (χ1v) is 6.48. The van der Waals surface area contributed by atoms with E-state index in [9.17, 15) is 9.18 Å². The van der Waals surface area contributed by atoms with Crippen molar-refractivity contribution >= 4 is 5.91 Å². The molecule has 18 heavy (non-hydrogen) atoms. The van der Waals surface area contributed by atoms with Gasteiger partial charge in [0.25, 0.3) is 0 Å². The van der Waals surface area contributed by atoms with Gasteiger partial charge < -0.3 is 4.90 Å². The standard InChI is InChI=1S/C15H20FNO/c1-15(2)7-9-17(10-8-15)14(18)11-12-3-5-13(16)6-4-12/h3-6H,7-11H2,1-2H3. The molecule has 0 saturated carbocycles. The maximum Gasteiger partial charge on any atom is 0.226 e. The molecule has 1 amide bonds. The van der Waals surface area contributed by atoms with Crippen molar-refractivity contribution in [1.82, 2.24) is 4.90 Å². The van der Waals surface area contributed by atoms with Crippen LogP contribution in [0.4, 0.5) is 4.39 Å². The predicted octanol–water partition coefficient (Wildman–Crippen LogP) is 3.02. The molecule has 0 N–H and O–H groups in total. The molecule has 98 valence electrons. The monoisotopic (exact) mass is 249 g/mol. The summed E-state index contributed by atoms with van der Waals surface area (Å²) in [6.45, 7) is 6.17. The molecule has 0 bridgehead atoms. The zero-order chi connectivity index (χ0) is 13.2. The lowest BCUT2D eigenvalue weighted by Gasteiger charge is -2.37. The third-order valence-electron chi connectivity index (χ3n) is 3.74. The van der Waals surface area contributed by atoms with Gasteiger partial charge in [-0.05, 0) is 36.0 Å². The van der Waals surface area contributed by atoms with Crippen LogP contribution >= 0.6 is 0 Å². The molecule has 0 aliphatic carbocycles.